The largest absolute Gasteiger partial charge is 0.494 e. The van der Waals surface area contributed by atoms with Crippen molar-refractivity contribution in [2.75, 3.05) is 13.2 Å². The van der Waals surface area contributed by atoms with Crippen LogP contribution in [0.3, 0.4) is 0 Å². The zero-order valence-electron chi connectivity index (χ0n) is 12.1. The average Bonchev–Trinajstić information content (AvgIpc) is 2.43. The fraction of sp³-hybridized carbons (Fsp3) is 0.294. The molecule has 20 heavy (non-hydrogen) atoms. The van der Waals surface area contributed by atoms with Gasteiger partial charge in [0.15, 0.2) is 0 Å². The summed E-state index contributed by atoms with van der Waals surface area (Å²) in [5, 5.41) is 0. The van der Waals surface area contributed by atoms with Crippen LogP contribution in [-0.4, -0.2) is 13.2 Å². The van der Waals surface area contributed by atoms with Crippen molar-refractivity contribution in [3.05, 3.63) is 53.6 Å². The van der Waals surface area contributed by atoms with Gasteiger partial charge in [-0.2, -0.15) is 0 Å². The maximum Gasteiger partial charge on any atom is 0.131 e. The molecule has 0 aromatic heterocycles. The molecule has 0 bridgehead atoms. The van der Waals surface area contributed by atoms with E-state index in [1.807, 2.05) is 43.3 Å². The number of nitrogens with two attached hydrogens (primary N) is 1. The van der Waals surface area contributed by atoms with Crippen LogP contribution in [0.15, 0.2) is 42.5 Å². The van der Waals surface area contributed by atoms with Gasteiger partial charge in [0.1, 0.15) is 17.2 Å². The molecule has 0 fully saturated rings. The van der Waals surface area contributed by atoms with E-state index >= 15 is 0 Å². The second-order valence-corrected chi connectivity index (χ2v) is 4.64. The molecule has 0 radical (unpaired) electrons. The molecule has 0 aliphatic heterocycles. The van der Waals surface area contributed by atoms with E-state index in [0.29, 0.717) is 13.2 Å². The molecule has 2 rings (SSSR count). The molecule has 0 unspecified atom stereocenters. The van der Waals surface area contributed by atoms with E-state index in [4.69, 9.17) is 15.2 Å². The smallest absolute Gasteiger partial charge is 0.131 e. The molecule has 3 nitrogen and oxygen atoms in total. The van der Waals surface area contributed by atoms with Crippen molar-refractivity contribution in [2.24, 2.45) is 5.73 Å². The van der Waals surface area contributed by atoms with Crippen molar-refractivity contribution in [1.82, 2.24) is 0 Å². The summed E-state index contributed by atoms with van der Waals surface area (Å²) >= 11 is 0. The average molecular weight is 271 g/mol. The molecule has 0 amide bonds. The summed E-state index contributed by atoms with van der Waals surface area (Å²) in [5.41, 5.74) is 8.06. The van der Waals surface area contributed by atoms with Crippen LogP contribution in [0.5, 0.6) is 17.2 Å². The van der Waals surface area contributed by atoms with Crippen molar-refractivity contribution in [1.29, 1.82) is 0 Å². The predicted octanol–water partition coefficient (Wildman–Crippen LogP) is 3.69. The first-order chi connectivity index (χ1) is 9.72. The lowest BCUT2D eigenvalue weighted by molar-refractivity contribution is 0.338. The minimum atomic E-state index is 0.649. The molecule has 2 aromatic carbocycles. The Morgan fingerprint density at radius 2 is 1.75 bits per heavy atom. The highest BCUT2D eigenvalue weighted by atomic mass is 16.5. The van der Waals surface area contributed by atoms with Crippen LogP contribution in [0.25, 0.3) is 0 Å². The molecule has 3 heteroatoms. The van der Waals surface area contributed by atoms with Gasteiger partial charge in [-0.3, -0.25) is 0 Å². The van der Waals surface area contributed by atoms with Gasteiger partial charge < -0.3 is 15.2 Å². The van der Waals surface area contributed by atoms with E-state index in [2.05, 4.69) is 13.0 Å². The van der Waals surface area contributed by atoms with E-state index in [9.17, 15) is 0 Å². The summed E-state index contributed by atoms with van der Waals surface area (Å²) in [6.07, 6.45) is 0.895. The number of rotatable bonds is 6. The maximum absolute atomic E-state index is 5.87. The zero-order valence-corrected chi connectivity index (χ0v) is 12.1. The molecule has 0 aliphatic carbocycles. The van der Waals surface area contributed by atoms with Gasteiger partial charge in [0, 0.05) is 6.07 Å². The Kier molecular flexibility index (Phi) is 5.02. The summed E-state index contributed by atoms with van der Waals surface area (Å²) in [6, 6.07) is 13.8. The first kappa shape index (κ1) is 14.4. The van der Waals surface area contributed by atoms with E-state index in [1.54, 1.807) is 0 Å². The van der Waals surface area contributed by atoms with Crippen LogP contribution in [-0.2, 0) is 6.42 Å². The Labute approximate surface area is 120 Å². The van der Waals surface area contributed by atoms with Gasteiger partial charge in [-0.25, -0.2) is 0 Å². The zero-order chi connectivity index (χ0) is 14.4. The summed E-state index contributed by atoms with van der Waals surface area (Å²) in [6.45, 7) is 5.36. The Morgan fingerprint density at radius 3 is 2.45 bits per heavy atom. The van der Waals surface area contributed by atoms with Gasteiger partial charge in [0.2, 0.25) is 0 Å². The fourth-order valence-corrected chi connectivity index (χ4v) is 2.10. The molecule has 0 atom stereocenters. The molecule has 0 saturated heterocycles. The van der Waals surface area contributed by atoms with Gasteiger partial charge in [-0.1, -0.05) is 12.1 Å². The molecular weight excluding hydrogens is 250 g/mol. The molecule has 106 valence electrons. The maximum atomic E-state index is 5.87. The fourth-order valence-electron chi connectivity index (χ4n) is 2.10. The van der Waals surface area contributed by atoms with E-state index in [-0.39, 0.29) is 0 Å². The second-order valence-electron chi connectivity index (χ2n) is 4.64. The Balaban J connectivity index is 2.13. The van der Waals surface area contributed by atoms with Crippen molar-refractivity contribution in [2.45, 2.75) is 20.3 Å². The van der Waals surface area contributed by atoms with E-state index in [0.717, 1.165) is 23.7 Å². The summed E-state index contributed by atoms with van der Waals surface area (Å²) < 4.78 is 11.3. The highest BCUT2D eigenvalue weighted by Gasteiger charge is 2.03. The third-order valence-corrected chi connectivity index (χ3v) is 3.08. The molecule has 2 N–H and O–H groups in total. The Hall–Kier alpha value is -2.00. The number of benzene rings is 2. The van der Waals surface area contributed by atoms with Crippen LogP contribution < -0.4 is 15.2 Å². The standard InChI is InChI=1S/C17H21NO2/c1-3-19-15-5-4-6-16(12-15)20-17-8-7-14(9-10-18)13(2)11-17/h4-8,11-12H,3,9-10,18H2,1-2H3. The highest BCUT2D eigenvalue weighted by Crippen LogP contribution is 2.26. The van der Waals surface area contributed by atoms with Gasteiger partial charge in [0.25, 0.3) is 0 Å². The minimum Gasteiger partial charge on any atom is -0.494 e. The third-order valence-electron chi connectivity index (χ3n) is 3.08. The molecule has 0 aliphatic rings. The Morgan fingerprint density at radius 1 is 1.00 bits per heavy atom. The van der Waals surface area contributed by atoms with Crippen LogP contribution >= 0.6 is 0 Å². The summed E-state index contributed by atoms with van der Waals surface area (Å²) in [5.74, 6) is 2.43. The molecule has 0 spiro atoms. The monoisotopic (exact) mass is 271 g/mol. The van der Waals surface area contributed by atoms with Crippen LogP contribution in [0, 0.1) is 6.92 Å². The first-order valence-electron chi connectivity index (χ1n) is 6.93. The second kappa shape index (κ2) is 6.96. The number of aryl methyl sites for hydroxylation is 1. The lowest BCUT2D eigenvalue weighted by Gasteiger charge is -2.10. The van der Waals surface area contributed by atoms with Gasteiger partial charge in [-0.05, 0) is 62.2 Å². The number of ether oxygens (including phenoxy) is 2. The van der Waals surface area contributed by atoms with Gasteiger partial charge >= 0.3 is 0 Å². The SMILES string of the molecule is CCOc1cccc(Oc2ccc(CCN)c(C)c2)c1. The Bertz CT molecular complexity index is 567. The quantitative estimate of drug-likeness (QED) is 0.871. The number of hydrogen-bond donors (Lipinski definition) is 1. The lowest BCUT2D eigenvalue weighted by Crippen LogP contribution is -2.04. The van der Waals surface area contributed by atoms with Crippen LogP contribution in [0.1, 0.15) is 18.1 Å². The number of hydrogen-bond acceptors (Lipinski definition) is 3. The van der Waals surface area contributed by atoms with E-state index in [1.165, 1.54) is 11.1 Å². The molecule has 2 aromatic rings. The third kappa shape index (κ3) is 3.75. The van der Waals surface area contributed by atoms with Crippen molar-refractivity contribution in [3.8, 4) is 17.2 Å². The van der Waals surface area contributed by atoms with Crippen LogP contribution in [0.4, 0.5) is 0 Å². The topological polar surface area (TPSA) is 44.5 Å². The molecular formula is C17H21NO2. The predicted molar refractivity (Wildman–Crippen MR) is 81.6 cm³/mol. The summed E-state index contributed by atoms with van der Waals surface area (Å²) in [7, 11) is 0. The van der Waals surface area contributed by atoms with Gasteiger partial charge in [0.05, 0.1) is 6.61 Å². The van der Waals surface area contributed by atoms with Crippen LogP contribution in [0.2, 0.25) is 0 Å². The minimum absolute atomic E-state index is 0.649. The lowest BCUT2D eigenvalue weighted by atomic mass is 10.1. The summed E-state index contributed by atoms with van der Waals surface area (Å²) in [4.78, 5) is 0. The van der Waals surface area contributed by atoms with Crippen molar-refractivity contribution in [3.63, 3.8) is 0 Å². The van der Waals surface area contributed by atoms with E-state index < -0.39 is 0 Å². The highest BCUT2D eigenvalue weighted by molar-refractivity contribution is 5.40. The first-order valence-corrected chi connectivity index (χ1v) is 6.93. The van der Waals surface area contributed by atoms with Crippen molar-refractivity contribution < 1.29 is 9.47 Å². The van der Waals surface area contributed by atoms with Gasteiger partial charge in [-0.15, -0.1) is 0 Å². The van der Waals surface area contributed by atoms with Crippen molar-refractivity contribution >= 4 is 0 Å². The normalized spacial score (nSPS) is 10.3. The molecule has 0 heterocycles. The molecule has 0 saturated carbocycles.